The van der Waals surface area contributed by atoms with Crippen LogP contribution in [0.5, 0.6) is 5.75 Å². The van der Waals surface area contributed by atoms with Crippen molar-refractivity contribution in [2.75, 3.05) is 11.9 Å². The van der Waals surface area contributed by atoms with Crippen LogP contribution in [0.1, 0.15) is 12.5 Å². The molecule has 8 heteroatoms. The quantitative estimate of drug-likeness (QED) is 0.529. The predicted molar refractivity (Wildman–Crippen MR) is 117 cm³/mol. The van der Waals surface area contributed by atoms with Crippen molar-refractivity contribution >= 4 is 21.6 Å². The van der Waals surface area contributed by atoms with E-state index in [1.165, 1.54) is 36.4 Å². The maximum atomic E-state index is 13.5. The summed E-state index contributed by atoms with van der Waals surface area (Å²) in [5, 5.41) is 2.58. The van der Waals surface area contributed by atoms with Gasteiger partial charge in [-0.25, -0.2) is 12.8 Å². The molecule has 1 amide bonds. The largest absolute Gasteiger partial charge is 0.494 e. The molecule has 3 aromatic carbocycles. The van der Waals surface area contributed by atoms with E-state index in [0.29, 0.717) is 12.4 Å². The van der Waals surface area contributed by atoms with E-state index in [2.05, 4.69) is 10.0 Å². The van der Waals surface area contributed by atoms with Crippen molar-refractivity contribution in [3.05, 3.63) is 90.2 Å². The Hall–Kier alpha value is -3.23. The number of carbonyl (C=O) groups is 1. The molecule has 3 rings (SSSR count). The van der Waals surface area contributed by atoms with E-state index in [9.17, 15) is 17.6 Å². The van der Waals surface area contributed by atoms with Crippen LogP contribution in [0.15, 0.2) is 83.8 Å². The highest BCUT2D eigenvalue weighted by Crippen LogP contribution is 2.18. The highest BCUT2D eigenvalue weighted by Gasteiger charge is 2.26. The predicted octanol–water partition coefficient (Wildman–Crippen LogP) is 3.75. The molecule has 0 unspecified atom stereocenters. The van der Waals surface area contributed by atoms with E-state index in [0.717, 1.165) is 5.56 Å². The van der Waals surface area contributed by atoms with Crippen LogP contribution >= 0.6 is 0 Å². The molecule has 0 aliphatic heterocycles. The number of nitrogens with one attached hydrogen (secondary N) is 2. The van der Waals surface area contributed by atoms with Gasteiger partial charge in [0.1, 0.15) is 17.6 Å². The van der Waals surface area contributed by atoms with Crippen LogP contribution in [-0.4, -0.2) is 27.0 Å². The van der Waals surface area contributed by atoms with Gasteiger partial charge in [-0.2, -0.15) is 4.72 Å². The molecule has 6 nitrogen and oxygen atoms in total. The van der Waals surface area contributed by atoms with Gasteiger partial charge in [0, 0.05) is 5.69 Å². The van der Waals surface area contributed by atoms with Gasteiger partial charge in [0.25, 0.3) is 0 Å². The fourth-order valence-electron chi connectivity index (χ4n) is 2.97. The minimum Gasteiger partial charge on any atom is -0.494 e. The molecule has 0 bridgehead atoms. The Labute approximate surface area is 181 Å². The number of hydrogen-bond donors (Lipinski definition) is 2. The second kappa shape index (κ2) is 10.2. The van der Waals surface area contributed by atoms with Gasteiger partial charge < -0.3 is 10.1 Å². The lowest BCUT2D eigenvalue weighted by molar-refractivity contribution is -0.117. The third-order valence-corrected chi connectivity index (χ3v) is 5.92. The van der Waals surface area contributed by atoms with Crippen molar-refractivity contribution < 1.29 is 22.3 Å². The second-order valence-corrected chi connectivity index (χ2v) is 8.48. The number of halogens is 1. The van der Waals surface area contributed by atoms with Gasteiger partial charge in [-0.15, -0.1) is 0 Å². The molecule has 1 atom stereocenters. The van der Waals surface area contributed by atoms with Gasteiger partial charge in [-0.3, -0.25) is 4.79 Å². The number of hydrogen-bond acceptors (Lipinski definition) is 4. The third-order valence-electron chi connectivity index (χ3n) is 4.43. The minimum atomic E-state index is -4.00. The van der Waals surface area contributed by atoms with Crippen LogP contribution < -0.4 is 14.8 Å². The number of anilines is 1. The van der Waals surface area contributed by atoms with Gasteiger partial charge in [0.2, 0.25) is 15.9 Å². The fraction of sp³-hybridized carbons (Fsp3) is 0.174. The van der Waals surface area contributed by atoms with Crippen molar-refractivity contribution in [1.29, 1.82) is 0 Å². The number of ether oxygens (including phenoxy) is 1. The van der Waals surface area contributed by atoms with Crippen LogP contribution in [0.3, 0.4) is 0 Å². The van der Waals surface area contributed by atoms with Crippen molar-refractivity contribution in [2.24, 2.45) is 0 Å². The summed E-state index contributed by atoms with van der Waals surface area (Å²) in [7, 11) is -4.00. The summed E-state index contributed by atoms with van der Waals surface area (Å²) in [5.74, 6) is -0.553. The second-order valence-electron chi connectivity index (χ2n) is 6.77. The van der Waals surface area contributed by atoms with E-state index in [1.807, 2.05) is 13.0 Å². The Morgan fingerprint density at radius 3 is 2.35 bits per heavy atom. The number of sulfonamides is 1. The van der Waals surface area contributed by atoms with Crippen molar-refractivity contribution in [3.8, 4) is 5.75 Å². The Balaban J connectivity index is 1.83. The highest BCUT2D eigenvalue weighted by atomic mass is 32.2. The molecule has 3 aromatic rings. The number of carbonyl (C=O) groups excluding carboxylic acids is 1. The first kappa shape index (κ1) is 22.5. The molecule has 2 N–H and O–H groups in total. The van der Waals surface area contributed by atoms with E-state index in [1.54, 1.807) is 36.4 Å². The Morgan fingerprint density at radius 2 is 1.71 bits per heavy atom. The van der Waals surface area contributed by atoms with Crippen LogP contribution in [0.4, 0.5) is 10.1 Å². The summed E-state index contributed by atoms with van der Waals surface area (Å²) < 4.78 is 47.1. The topological polar surface area (TPSA) is 84.5 Å². The lowest BCUT2D eigenvalue weighted by Gasteiger charge is -2.19. The van der Waals surface area contributed by atoms with Gasteiger partial charge >= 0.3 is 0 Å². The summed E-state index contributed by atoms with van der Waals surface area (Å²) in [4.78, 5) is 12.9. The molecule has 0 fully saturated rings. The number of amides is 1. The lowest BCUT2D eigenvalue weighted by atomic mass is 10.1. The summed E-state index contributed by atoms with van der Waals surface area (Å²) in [5.41, 5.74) is 1.01. The normalized spacial score (nSPS) is 12.2. The van der Waals surface area contributed by atoms with E-state index in [4.69, 9.17) is 4.74 Å². The van der Waals surface area contributed by atoms with E-state index in [-0.39, 0.29) is 17.0 Å². The number of benzene rings is 3. The van der Waals surface area contributed by atoms with E-state index >= 15 is 0 Å². The molecular formula is C23H23FN2O4S. The summed E-state index contributed by atoms with van der Waals surface area (Å²) in [6, 6.07) is 19.3. The van der Waals surface area contributed by atoms with Crippen LogP contribution in [0, 0.1) is 5.82 Å². The van der Waals surface area contributed by atoms with E-state index < -0.39 is 27.8 Å². The zero-order valence-corrected chi connectivity index (χ0v) is 17.7. The SMILES string of the molecule is CCOc1ccc(S(=O)(=O)N[C@@H](Cc2ccccc2)C(=O)Nc2cccc(F)c2)cc1. The third kappa shape index (κ3) is 6.37. The standard InChI is InChI=1S/C23H23FN2O4S/c1-2-30-20-11-13-21(14-12-20)31(28,29)26-22(15-17-7-4-3-5-8-17)23(27)25-19-10-6-9-18(24)16-19/h3-14,16,22,26H,2,15H2,1H3,(H,25,27)/t22-/m0/s1. The van der Waals surface area contributed by atoms with Gasteiger partial charge in [-0.1, -0.05) is 36.4 Å². The number of rotatable bonds is 9. The zero-order chi connectivity index (χ0) is 22.3. The molecule has 0 aliphatic rings. The van der Waals surface area contributed by atoms with Gasteiger partial charge in [-0.05, 0) is 61.4 Å². The molecule has 0 heterocycles. The van der Waals surface area contributed by atoms with Gasteiger partial charge in [0.15, 0.2) is 0 Å². The van der Waals surface area contributed by atoms with Crippen LogP contribution in [0.2, 0.25) is 0 Å². The summed E-state index contributed by atoms with van der Waals surface area (Å²) >= 11 is 0. The Bertz CT molecular complexity index is 1120. The first-order valence-corrected chi connectivity index (χ1v) is 11.2. The maximum absolute atomic E-state index is 13.5. The summed E-state index contributed by atoms with van der Waals surface area (Å²) in [6.45, 7) is 2.29. The minimum absolute atomic E-state index is 0.00701. The fourth-order valence-corrected chi connectivity index (χ4v) is 4.17. The zero-order valence-electron chi connectivity index (χ0n) is 16.9. The molecule has 0 saturated heterocycles. The van der Waals surface area contributed by atoms with Crippen molar-refractivity contribution in [1.82, 2.24) is 4.72 Å². The molecule has 0 saturated carbocycles. The molecule has 31 heavy (non-hydrogen) atoms. The smallest absolute Gasteiger partial charge is 0.242 e. The molecular weight excluding hydrogens is 419 g/mol. The average Bonchev–Trinajstić information content (AvgIpc) is 2.74. The molecule has 0 radical (unpaired) electrons. The monoisotopic (exact) mass is 442 g/mol. The van der Waals surface area contributed by atoms with Crippen LogP contribution in [0.25, 0.3) is 0 Å². The Morgan fingerprint density at radius 1 is 1.00 bits per heavy atom. The first-order valence-electron chi connectivity index (χ1n) is 9.73. The molecule has 162 valence electrons. The maximum Gasteiger partial charge on any atom is 0.242 e. The van der Waals surface area contributed by atoms with Crippen molar-refractivity contribution in [3.63, 3.8) is 0 Å². The molecule has 0 spiro atoms. The molecule has 0 aromatic heterocycles. The Kier molecular flexibility index (Phi) is 7.38. The lowest BCUT2D eigenvalue weighted by Crippen LogP contribution is -2.45. The highest BCUT2D eigenvalue weighted by molar-refractivity contribution is 7.89. The molecule has 0 aliphatic carbocycles. The van der Waals surface area contributed by atoms with Crippen molar-refractivity contribution in [2.45, 2.75) is 24.3 Å². The summed E-state index contributed by atoms with van der Waals surface area (Å²) in [6.07, 6.45) is 0.123. The first-order chi connectivity index (χ1) is 14.9. The van der Waals surface area contributed by atoms with Gasteiger partial charge in [0.05, 0.1) is 11.5 Å². The van der Waals surface area contributed by atoms with Crippen LogP contribution in [-0.2, 0) is 21.2 Å². The average molecular weight is 443 g/mol.